The highest BCUT2D eigenvalue weighted by Gasteiger charge is 2.31. The quantitative estimate of drug-likeness (QED) is 0.618. The van der Waals surface area contributed by atoms with Crippen LogP contribution in [0.2, 0.25) is 0 Å². The van der Waals surface area contributed by atoms with E-state index in [0.717, 1.165) is 12.5 Å². The summed E-state index contributed by atoms with van der Waals surface area (Å²) in [6, 6.07) is 0. The van der Waals surface area contributed by atoms with Gasteiger partial charge in [-0.3, -0.25) is 0 Å². The molecular formula is C11H22O. The van der Waals surface area contributed by atoms with Crippen molar-refractivity contribution < 1.29 is 4.74 Å². The summed E-state index contributed by atoms with van der Waals surface area (Å²) in [5.74, 6) is 0.838. The zero-order valence-electron chi connectivity index (χ0n) is 8.89. The van der Waals surface area contributed by atoms with Crippen LogP contribution < -0.4 is 0 Å². The van der Waals surface area contributed by atoms with Crippen molar-refractivity contribution in [2.24, 2.45) is 11.3 Å². The highest BCUT2D eigenvalue weighted by molar-refractivity contribution is 4.83. The van der Waals surface area contributed by atoms with E-state index >= 15 is 0 Å². The fraction of sp³-hybridized carbons (Fsp3) is 1.00. The highest BCUT2D eigenvalue weighted by Crippen LogP contribution is 2.39. The summed E-state index contributed by atoms with van der Waals surface area (Å²) >= 11 is 0. The van der Waals surface area contributed by atoms with Crippen molar-refractivity contribution in [2.45, 2.75) is 53.1 Å². The van der Waals surface area contributed by atoms with E-state index in [0.29, 0.717) is 11.5 Å². The van der Waals surface area contributed by atoms with Gasteiger partial charge in [-0.25, -0.2) is 0 Å². The molecule has 1 aliphatic rings. The average molecular weight is 170 g/mol. The van der Waals surface area contributed by atoms with Crippen molar-refractivity contribution in [3.63, 3.8) is 0 Å². The molecule has 0 amide bonds. The third-order valence-corrected chi connectivity index (χ3v) is 2.75. The first kappa shape index (κ1) is 10.0. The van der Waals surface area contributed by atoms with Crippen LogP contribution >= 0.6 is 0 Å². The van der Waals surface area contributed by atoms with Crippen molar-refractivity contribution in [1.29, 1.82) is 0 Å². The van der Waals surface area contributed by atoms with E-state index in [1.165, 1.54) is 19.3 Å². The molecule has 0 spiro atoms. The van der Waals surface area contributed by atoms with Crippen molar-refractivity contribution in [1.82, 2.24) is 0 Å². The summed E-state index contributed by atoms with van der Waals surface area (Å²) in [7, 11) is 0. The van der Waals surface area contributed by atoms with Gasteiger partial charge in [-0.05, 0) is 37.5 Å². The second kappa shape index (κ2) is 3.78. The average Bonchev–Trinajstić information content (AvgIpc) is 1.82. The largest absolute Gasteiger partial charge is 0.378 e. The van der Waals surface area contributed by atoms with Gasteiger partial charge < -0.3 is 4.74 Å². The van der Waals surface area contributed by atoms with Crippen LogP contribution in [0.5, 0.6) is 0 Å². The molecule has 1 heteroatoms. The topological polar surface area (TPSA) is 9.23 Å². The predicted octanol–water partition coefficient (Wildman–Crippen LogP) is 3.24. The molecule has 1 nitrogen and oxygen atoms in total. The molecule has 0 unspecified atom stereocenters. The lowest BCUT2D eigenvalue weighted by atomic mass is 9.71. The molecule has 2 atom stereocenters. The molecule has 0 bridgehead atoms. The Morgan fingerprint density at radius 2 is 2.00 bits per heavy atom. The van der Waals surface area contributed by atoms with E-state index in [1.807, 2.05) is 0 Å². The number of rotatable bonds is 2. The normalized spacial score (nSPS) is 35.0. The second-order valence-corrected chi connectivity index (χ2v) is 4.99. The maximum Gasteiger partial charge on any atom is 0.0582 e. The van der Waals surface area contributed by atoms with Crippen LogP contribution in [0.4, 0.5) is 0 Å². The highest BCUT2D eigenvalue weighted by atomic mass is 16.5. The first-order valence-corrected chi connectivity index (χ1v) is 5.15. The third kappa shape index (κ3) is 2.78. The predicted molar refractivity (Wildman–Crippen MR) is 52.2 cm³/mol. The molecule has 0 N–H and O–H groups in total. The van der Waals surface area contributed by atoms with E-state index in [-0.39, 0.29) is 0 Å². The van der Waals surface area contributed by atoms with Crippen LogP contribution in [-0.4, -0.2) is 12.7 Å². The first-order chi connectivity index (χ1) is 5.53. The molecular weight excluding hydrogens is 148 g/mol. The van der Waals surface area contributed by atoms with Crippen LogP contribution in [0.25, 0.3) is 0 Å². The molecule has 1 aliphatic carbocycles. The molecule has 0 aliphatic heterocycles. The lowest BCUT2D eigenvalue weighted by Gasteiger charge is -2.38. The van der Waals surface area contributed by atoms with Crippen LogP contribution in [0.15, 0.2) is 0 Å². The standard InChI is InChI=1S/C11H22O/c1-5-12-10-6-9(2)7-11(3,4)8-10/h9-10H,5-8H2,1-4H3/t9-,10+/m0/s1. The summed E-state index contributed by atoms with van der Waals surface area (Å²) in [6.45, 7) is 10.0. The fourth-order valence-corrected chi connectivity index (χ4v) is 2.62. The molecule has 0 aromatic heterocycles. The van der Waals surface area contributed by atoms with Crippen LogP contribution in [0, 0.1) is 11.3 Å². The summed E-state index contributed by atoms with van der Waals surface area (Å²) in [4.78, 5) is 0. The monoisotopic (exact) mass is 170 g/mol. The van der Waals surface area contributed by atoms with E-state index in [1.54, 1.807) is 0 Å². The van der Waals surface area contributed by atoms with Gasteiger partial charge in [-0.1, -0.05) is 20.8 Å². The van der Waals surface area contributed by atoms with Crippen molar-refractivity contribution >= 4 is 0 Å². The van der Waals surface area contributed by atoms with Gasteiger partial charge in [0.1, 0.15) is 0 Å². The Morgan fingerprint density at radius 1 is 1.33 bits per heavy atom. The molecule has 0 aromatic rings. The third-order valence-electron chi connectivity index (χ3n) is 2.75. The molecule has 0 heterocycles. The zero-order valence-corrected chi connectivity index (χ0v) is 8.89. The molecule has 0 saturated heterocycles. The van der Waals surface area contributed by atoms with Gasteiger partial charge in [-0.15, -0.1) is 0 Å². The van der Waals surface area contributed by atoms with Crippen molar-refractivity contribution in [3.8, 4) is 0 Å². The Labute approximate surface area is 76.5 Å². The Morgan fingerprint density at radius 3 is 2.50 bits per heavy atom. The van der Waals surface area contributed by atoms with E-state index in [4.69, 9.17) is 4.74 Å². The lowest BCUT2D eigenvalue weighted by Crippen LogP contribution is -2.32. The number of ether oxygens (including phenoxy) is 1. The molecule has 1 saturated carbocycles. The zero-order chi connectivity index (χ0) is 9.19. The molecule has 1 fully saturated rings. The van der Waals surface area contributed by atoms with Gasteiger partial charge in [-0.2, -0.15) is 0 Å². The lowest BCUT2D eigenvalue weighted by molar-refractivity contribution is -0.0172. The molecule has 72 valence electrons. The molecule has 12 heavy (non-hydrogen) atoms. The summed E-state index contributed by atoms with van der Waals surface area (Å²) in [5, 5.41) is 0. The Hall–Kier alpha value is -0.0400. The van der Waals surface area contributed by atoms with Gasteiger partial charge in [0.25, 0.3) is 0 Å². The molecule has 0 aromatic carbocycles. The second-order valence-electron chi connectivity index (χ2n) is 4.99. The summed E-state index contributed by atoms with van der Waals surface area (Å²) < 4.78 is 5.69. The van der Waals surface area contributed by atoms with Gasteiger partial charge in [0.05, 0.1) is 6.10 Å². The van der Waals surface area contributed by atoms with Crippen LogP contribution in [0.1, 0.15) is 47.0 Å². The van der Waals surface area contributed by atoms with Crippen LogP contribution in [0.3, 0.4) is 0 Å². The smallest absolute Gasteiger partial charge is 0.0582 e. The number of hydrogen-bond donors (Lipinski definition) is 0. The van der Waals surface area contributed by atoms with Gasteiger partial charge in [0.2, 0.25) is 0 Å². The van der Waals surface area contributed by atoms with E-state index in [9.17, 15) is 0 Å². The Balaban J connectivity index is 2.46. The maximum atomic E-state index is 5.69. The van der Waals surface area contributed by atoms with Crippen LogP contribution in [-0.2, 0) is 4.74 Å². The minimum absolute atomic E-state index is 0.498. The first-order valence-electron chi connectivity index (χ1n) is 5.15. The molecule has 0 radical (unpaired) electrons. The van der Waals surface area contributed by atoms with Crippen molar-refractivity contribution in [2.75, 3.05) is 6.61 Å². The van der Waals surface area contributed by atoms with E-state index < -0.39 is 0 Å². The van der Waals surface area contributed by atoms with Gasteiger partial charge >= 0.3 is 0 Å². The summed E-state index contributed by atoms with van der Waals surface area (Å²) in [5.41, 5.74) is 0.498. The fourth-order valence-electron chi connectivity index (χ4n) is 2.62. The summed E-state index contributed by atoms with van der Waals surface area (Å²) in [6.07, 6.45) is 4.38. The minimum Gasteiger partial charge on any atom is -0.378 e. The van der Waals surface area contributed by atoms with Crippen molar-refractivity contribution in [3.05, 3.63) is 0 Å². The Kier molecular flexibility index (Phi) is 3.16. The SMILES string of the molecule is CCO[C@@H]1C[C@H](C)CC(C)(C)C1. The molecule has 1 rings (SSSR count). The van der Waals surface area contributed by atoms with Gasteiger partial charge in [0.15, 0.2) is 0 Å². The number of hydrogen-bond acceptors (Lipinski definition) is 1. The minimum atomic E-state index is 0.498. The maximum absolute atomic E-state index is 5.69. The van der Waals surface area contributed by atoms with E-state index in [2.05, 4.69) is 27.7 Å². The Bertz CT molecular complexity index is 140. The van der Waals surface area contributed by atoms with Gasteiger partial charge in [0, 0.05) is 6.61 Å².